The molecule has 9 heteroatoms. The number of hydrogen-bond donors (Lipinski definition) is 2. The molecule has 0 atom stereocenters. The van der Waals surface area contributed by atoms with Crippen molar-refractivity contribution in [3.8, 4) is 0 Å². The third-order valence-corrected chi connectivity index (χ3v) is 6.43. The number of fused-ring (bicyclic) bond motifs is 1. The molecule has 0 aromatic carbocycles. The van der Waals surface area contributed by atoms with Crippen LogP contribution in [0.4, 0.5) is 11.8 Å². The highest BCUT2D eigenvalue weighted by atomic mass is 16.7. The zero-order valence-electron chi connectivity index (χ0n) is 24.1. The van der Waals surface area contributed by atoms with Gasteiger partial charge in [0.25, 0.3) is 5.91 Å². The van der Waals surface area contributed by atoms with Crippen LogP contribution in [0.25, 0.3) is 12.2 Å². The van der Waals surface area contributed by atoms with Crippen LogP contribution in [0.5, 0.6) is 0 Å². The highest BCUT2D eigenvalue weighted by Gasteiger charge is 2.23. The van der Waals surface area contributed by atoms with Crippen molar-refractivity contribution in [2.45, 2.75) is 65.3 Å². The highest BCUT2D eigenvalue weighted by molar-refractivity contribution is 5.95. The second-order valence-electron chi connectivity index (χ2n) is 10.4. The number of aromatic nitrogens is 2. The zero-order valence-corrected chi connectivity index (χ0v) is 24.1. The molecule has 2 aliphatic carbocycles. The Kier molecular flexibility index (Phi) is 12.2. The van der Waals surface area contributed by atoms with Crippen LogP contribution in [-0.2, 0) is 9.63 Å². The van der Waals surface area contributed by atoms with Gasteiger partial charge in [-0.3, -0.25) is 4.79 Å². The van der Waals surface area contributed by atoms with Gasteiger partial charge in [0.15, 0.2) is 7.11 Å². The Morgan fingerprint density at radius 1 is 1.13 bits per heavy atom. The van der Waals surface area contributed by atoms with Gasteiger partial charge >= 0.3 is 0 Å². The zero-order chi connectivity index (χ0) is 28.2. The maximum atomic E-state index is 12.4. The predicted molar refractivity (Wildman–Crippen MR) is 155 cm³/mol. The quantitative estimate of drug-likeness (QED) is 0.290. The van der Waals surface area contributed by atoms with E-state index in [1.165, 1.54) is 19.7 Å². The first kappa shape index (κ1) is 30.7. The van der Waals surface area contributed by atoms with Gasteiger partial charge < -0.3 is 15.5 Å². The van der Waals surface area contributed by atoms with Crippen LogP contribution in [0.1, 0.15) is 59.3 Å². The standard InChI is InChI=1S/C27H39N5O.C2H6NO2/c1-18(2)15-19(3)16-20(4)26(33)28-17-21-11-13-22(14-12-21)29-27-30-24-10-8-7-9-23(24)25(31-27)32(5)6;1-3(4)5-2/h9-10,15-16,21-22H,4,7-8,11-14,17H2,1-3,5-6H3,(H,28,33)(H,29,30);1-2H3/q;+1/b19-16-;. The highest BCUT2D eigenvalue weighted by Crippen LogP contribution is 2.25. The first-order valence-corrected chi connectivity index (χ1v) is 13.3. The van der Waals surface area contributed by atoms with Gasteiger partial charge in [-0.1, -0.05) is 36.0 Å². The molecule has 0 aliphatic heterocycles. The molecule has 3 rings (SSSR count). The molecule has 1 aromatic rings. The summed E-state index contributed by atoms with van der Waals surface area (Å²) in [5.74, 6) is 2.11. The Labute approximate surface area is 227 Å². The normalized spacial score (nSPS) is 18.2. The summed E-state index contributed by atoms with van der Waals surface area (Å²) in [6, 6.07) is 0.363. The van der Waals surface area contributed by atoms with Gasteiger partial charge in [-0.05, 0) is 71.3 Å². The number of carbonyl (C=O) groups excluding carboxylic acids is 1. The summed E-state index contributed by atoms with van der Waals surface area (Å²) >= 11 is 0. The molecule has 9 nitrogen and oxygen atoms in total. The van der Waals surface area contributed by atoms with Crippen molar-refractivity contribution in [1.82, 2.24) is 15.3 Å². The van der Waals surface area contributed by atoms with Crippen molar-refractivity contribution in [2.24, 2.45) is 5.92 Å². The number of carbonyl (C=O) groups is 1. The lowest BCUT2D eigenvalue weighted by atomic mass is 9.86. The minimum absolute atomic E-state index is 0.0801. The number of amides is 1. The van der Waals surface area contributed by atoms with Crippen molar-refractivity contribution in [3.05, 3.63) is 50.9 Å². The average Bonchev–Trinajstić information content (AvgIpc) is 2.87. The van der Waals surface area contributed by atoms with Gasteiger partial charge in [0.05, 0.1) is 10.3 Å². The van der Waals surface area contributed by atoms with E-state index in [0.717, 1.165) is 66.4 Å². The first-order valence-electron chi connectivity index (χ1n) is 13.3. The molecule has 208 valence electrons. The number of nitrogens with zero attached hydrogens (tertiary/aromatic N) is 4. The minimum atomic E-state index is -0.0801. The van der Waals surface area contributed by atoms with Gasteiger partial charge in [0.2, 0.25) is 17.9 Å². The smallest absolute Gasteiger partial charge is 0.250 e. The lowest BCUT2D eigenvalue weighted by Crippen LogP contribution is -2.39. The van der Waals surface area contributed by atoms with Crippen molar-refractivity contribution >= 4 is 29.8 Å². The average molecular weight is 526 g/mol. The molecule has 2 N–H and O–H groups in total. The number of allylic oxidation sites excluding steroid dienone is 3. The summed E-state index contributed by atoms with van der Waals surface area (Å²) in [4.78, 5) is 37.9. The molecule has 0 bridgehead atoms. The molecule has 0 saturated heterocycles. The maximum Gasteiger partial charge on any atom is 0.250 e. The third kappa shape index (κ3) is 10.1. The fourth-order valence-corrected chi connectivity index (χ4v) is 4.56. The van der Waals surface area contributed by atoms with Gasteiger partial charge in [0.1, 0.15) is 5.82 Å². The van der Waals surface area contributed by atoms with Crippen LogP contribution in [0.3, 0.4) is 0 Å². The lowest BCUT2D eigenvalue weighted by Gasteiger charge is -2.29. The van der Waals surface area contributed by atoms with Crippen LogP contribution >= 0.6 is 0 Å². The van der Waals surface area contributed by atoms with E-state index in [9.17, 15) is 9.70 Å². The molecule has 0 spiro atoms. The summed E-state index contributed by atoms with van der Waals surface area (Å²) in [7, 11) is 6.65. The van der Waals surface area contributed by atoms with E-state index in [2.05, 4.69) is 45.2 Å². The number of nitrogens with one attached hydrogen (secondary N) is 2. The summed E-state index contributed by atoms with van der Waals surface area (Å²) in [5, 5.41) is 8.81. The second-order valence-corrected chi connectivity index (χ2v) is 10.4. The molecule has 0 unspecified atom stereocenters. The van der Waals surface area contributed by atoms with Crippen molar-refractivity contribution in [1.29, 1.82) is 0 Å². The van der Waals surface area contributed by atoms with Crippen LogP contribution in [0.15, 0.2) is 35.5 Å². The van der Waals surface area contributed by atoms with Gasteiger partial charge in [0, 0.05) is 37.5 Å². The van der Waals surface area contributed by atoms with Gasteiger partial charge in [-0.2, -0.15) is 4.98 Å². The summed E-state index contributed by atoms with van der Waals surface area (Å²) < 4.78 is 0. The Morgan fingerprint density at radius 3 is 2.34 bits per heavy atom. The Bertz CT molecular complexity index is 1170. The number of hydrogen-bond acceptors (Lipinski definition) is 7. The largest absolute Gasteiger partial charge is 0.362 e. The lowest BCUT2D eigenvalue weighted by molar-refractivity contribution is -0.776. The van der Waals surface area contributed by atoms with Crippen molar-refractivity contribution < 1.29 is 14.6 Å². The van der Waals surface area contributed by atoms with E-state index in [-0.39, 0.29) is 5.91 Å². The SMILES string of the molecule is C=C(/C=C(/C)C=C(C)C)C(=O)NCC1CCC(Nc2nc(N(C)C)c3c(n2)=CCCC=3)CC1.CO[N+](C)=O. The second kappa shape index (κ2) is 15.1. The molecule has 1 amide bonds. The summed E-state index contributed by atoms with van der Waals surface area (Å²) in [5.41, 5.74) is 2.76. The Balaban J connectivity index is 0.000000926. The van der Waals surface area contributed by atoms with Crippen molar-refractivity contribution in [3.63, 3.8) is 0 Å². The summed E-state index contributed by atoms with van der Waals surface area (Å²) in [6.45, 7) is 10.7. The Morgan fingerprint density at radius 2 is 1.76 bits per heavy atom. The summed E-state index contributed by atoms with van der Waals surface area (Å²) in [6.07, 6.45) is 14.7. The van der Waals surface area contributed by atoms with Crippen molar-refractivity contribution in [2.75, 3.05) is 45.0 Å². The van der Waals surface area contributed by atoms with Crippen LogP contribution in [-0.4, -0.2) is 61.6 Å². The Hall–Kier alpha value is -3.49. The maximum absolute atomic E-state index is 12.4. The van der Waals surface area contributed by atoms with E-state index in [0.29, 0.717) is 29.0 Å². The van der Waals surface area contributed by atoms with Gasteiger partial charge in [-0.25, -0.2) is 9.82 Å². The number of rotatable bonds is 9. The molecule has 1 saturated carbocycles. The molecule has 38 heavy (non-hydrogen) atoms. The van der Waals surface area contributed by atoms with E-state index >= 15 is 0 Å². The molecule has 1 heterocycles. The van der Waals surface area contributed by atoms with Gasteiger partial charge in [-0.15, -0.1) is 0 Å². The van der Waals surface area contributed by atoms with E-state index in [1.807, 2.05) is 40.9 Å². The van der Waals surface area contributed by atoms with Crippen LogP contribution in [0.2, 0.25) is 0 Å². The number of anilines is 2. The molecule has 0 radical (unpaired) electrons. The monoisotopic (exact) mass is 525 g/mol. The molecule has 1 aromatic heterocycles. The fraction of sp³-hybridized carbons (Fsp3) is 0.552. The fourth-order valence-electron chi connectivity index (χ4n) is 4.56. The first-order chi connectivity index (χ1) is 18.0. The molecular formula is C29H45N6O3+. The topological polar surface area (TPSA) is 99.5 Å². The van der Waals surface area contributed by atoms with E-state index in [1.54, 1.807) is 0 Å². The minimum Gasteiger partial charge on any atom is -0.362 e. The predicted octanol–water partition coefficient (Wildman–Crippen LogP) is 3.41. The van der Waals surface area contributed by atoms with E-state index in [4.69, 9.17) is 9.97 Å². The third-order valence-electron chi connectivity index (χ3n) is 6.43. The molecule has 2 aliphatic rings. The molecule has 1 fully saturated rings. The van der Waals surface area contributed by atoms with Crippen LogP contribution in [0, 0.1) is 10.8 Å². The van der Waals surface area contributed by atoms with Crippen LogP contribution < -0.4 is 26.1 Å². The van der Waals surface area contributed by atoms with E-state index < -0.39 is 0 Å². The molecular weight excluding hydrogens is 480 g/mol.